The monoisotopic (exact) mass is 293 g/mol. The predicted molar refractivity (Wildman–Crippen MR) is 88.5 cm³/mol. The minimum Gasteiger partial charge on any atom is -0.316 e. The Labute approximate surface area is 129 Å². The van der Waals surface area contributed by atoms with Crippen LogP contribution in [0.5, 0.6) is 0 Å². The molecule has 1 aliphatic rings. The van der Waals surface area contributed by atoms with Crippen molar-refractivity contribution in [3.05, 3.63) is 34.9 Å². The Morgan fingerprint density at radius 2 is 1.80 bits per heavy atom. The molecular formula is C18H28ClN. The largest absolute Gasteiger partial charge is 0.316 e. The Bertz CT molecular complexity index is 402. The Kier molecular flexibility index (Phi) is 5.51. The number of nitrogens with one attached hydrogen (secondary N) is 1. The van der Waals surface area contributed by atoms with Crippen LogP contribution in [0, 0.1) is 11.8 Å². The van der Waals surface area contributed by atoms with E-state index < -0.39 is 0 Å². The maximum atomic E-state index is 6.05. The zero-order chi connectivity index (χ0) is 14.6. The number of halogens is 1. The van der Waals surface area contributed by atoms with E-state index in [4.69, 9.17) is 11.6 Å². The first-order valence-corrected chi connectivity index (χ1v) is 8.36. The fourth-order valence-electron chi connectivity index (χ4n) is 3.29. The van der Waals surface area contributed by atoms with Gasteiger partial charge in [-0.25, -0.2) is 0 Å². The summed E-state index contributed by atoms with van der Waals surface area (Å²) >= 11 is 6.05. The lowest BCUT2D eigenvalue weighted by Gasteiger charge is -2.40. The van der Waals surface area contributed by atoms with Crippen molar-refractivity contribution in [2.45, 2.75) is 51.9 Å². The molecule has 1 aromatic rings. The minimum atomic E-state index is 0.311. The first kappa shape index (κ1) is 15.9. The van der Waals surface area contributed by atoms with Crippen LogP contribution < -0.4 is 5.32 Å². The Morgan fingerprint density at radius 1 is 1.20 bits per heavy atom. The summed E-state index contributed by atoms with van der Waals surface area (Å²) in [5.41, 5.74) is 1.77. The lowest BCUT2D eigenvalue weighted by Crippen LogP contribution is -2.42. The fourth-order valence-corrected chi connectivity index (χ4v) is 3.41. The molecule has 1 fully saturated rings. The molecular weight excluding hydrogens is 266 g/mol. The molecule has 1 aromatic carbocycles. The van der Waals surface area contributed by atoms with Crippen LogP contribution in [0.3, 0.4) is 0 Å². The second-order valence-electron chi connectivity index (χ2n) is 6.99. The Morgan fingerprint density at radius 3 is 2.35 bits per heavy atom. The highest BCUT2D eigenvalue weighted by Crippen LogP contribution is 2.41. The summed E-state index contributed by atoms with van der Waals surface area (Å²) in [6.07, 6.45) is 5.26. The molecule has 0 saturated heterocycles. The quantitative estimate of drug-likeness (QED) is 0.802. The van der Waals surface area contributed by atoms with Crippen LogP contribution in [0.25, 0.3) is 0 Å². The lowest BCUT2D eigenvalue weighted by atomic mass is 9.67. The van der Waals surface area contributed by atoms with Gasteiger partial charge in [0, 0.05) is 17.0 Å². The number of benzene rings is 1. The van der Waals surface area contributed by atoms with Gasteiger partial charge < -0.3 is 5.32 Å². The molecule has 112 valence electrons. The summed E-state index contributed by atoms with van der Waals surface area (Å²) in [4.78, 5) is 0. The molecule has 2 rings (SSSR count). The molecule has 1 saturated carbocycles. The van der Waals surface area contributed by atoms with E-state index in [0.717, 1.165) is 24.0 Å². The van der Waals surface area contributed by atoms with E-state index >= 15 is 0 Å². The summed E-state index contributed by atoms with van der Waals surface area (Å²) in [6.45, 7) is 9.12. The van der Waals surface area contributed by atoms with E-state index in [1.54, 1.807) is 0 Å². The van der Waals surface area contributed by atoms with Crippen LogP contribution in [0.4, 0.5) is 0 Å². The predicted octanol–water partition coefficient (Wildman–Crippen LogP) is 5.03. The average molecular weight is 294 g/mol. The highest BCUT2D eigenvalue weighted by atomic mass is 35.5. The topological polar surface area (TPSA) is 12.0 Å². The first-order chi connectivity index (χ1) is 9.52. The highest BCUT2D eigenvalue weighted by Gasteiger charge is 2.35. The van der Waals surface area contributed by atoms with Gasteiger partial charge in [0.25, 0.3) is 0 Å². The molecule has 1 nitrogen and oxygen atoms in total. The summed E-state index contributed by atoms with van der Waals surface area (Å²) in [7, 11) is 0. The summed E-state index contributed by atoms with van der Waals surface area (Å²) in [5.74, 6) is 1.58. The highest BCUT2D eigenvalue weighted by molar-refractivity contribution is 6.30. The van der Waals surface area contributed by atoms with Crippen molar-refractivity contribution in [3.8, 4) is 0 Å². The van der Waals surface area contributed by atoms with Gasteiger partial charge >= 0.3 is 0 Å². The van der Waals surface area contributed by atoms with Crippen molar-refractivity contribution in [1.82, 2.24) is 5.32 Å². The molecule has 0 unspecified atom stereocenters. The molecule has 0 aromatic heterocycles. The second kappa shape index (κ2) is 6.95. The van der Waals surface area contributed by atoms with E-state index in [-0.39, 0.29) is 0 Å². The zero-order valence-corrected chi connectivity index (χ0v) is 13.8. The normalized spacial score (nSPS) is 26.9. The molecule has 0 radical (unpaired) electrons. The molecule has 0 heterocycles. The van der Waals surface area contributed by atoms with Gasteiger partial charge in [-0.2, -0.15) is 0 Å². The van der Waals surface area contributed by atoms with Crippen LogP contribution in [-0.2, 0) is 5.41 Å². The van der Waals surface area contributed by atoms with E-state index in [1.165, 1.54) is 31.2 Å². The van der Waals surface area contributed by atoms with Crippen molar-refractivity contribution < 1.29 is 0 Å². The smallest absolute Gasteiger partial charge is 0.0406 e. The van der Waals surface area contributed by atoms with Gasteiger partial charge in [-0.3, -0.25) is 0 Å². The number of hydrogen-bond acceptors (Lipinski definition) is 1. The van der Waals surface area contributed by atoms with Crippen molar-refractivity contribution in [2.24, 2.45) is 11.8 Å². The molecule has 0 spiro atoms. The Hall–Kier alpha value is -0.530. The lowest BCUT2D eigenvalue weighted by molar-refractivity contribution is 0.231. The van der Waals surface area contributed by atoms with E-state index in [2.05, 4.69) is 38.2 Å². The Balaban J connectivity index is 2.13. The van der Waals surface area contributed by atoms with E-state index in [0.29, 0.717) is 11.3 Å². The number of hydrogen-bond donors (Lipinski definition) is 1. The van der Waals surface area contributed by atoms with Crippen molar-refractivity contribution >= 4 is 11.6 Å². The van der Waals surface area contributed by atoms with Crippen LogP contribution in [0.1, 0.15) is 52.0 Å². The molecule has 2 heteroatoms. The van der Waals surface area contributed by atoms with Crippen LogP contribution in [0.15, 0.2) is 24.3 Å². The zero-order valence-electron chi connectivity index (χ0n) is 13.1. The maximum Gasteiger partial charge on any atom is 0.0406 e. The maximum absolute atomic E-state index is 6.05. The van der Waals surface area contributed by atoms with Crippen LogP contribution >= 0.6 is 11.6 Å². The second-order valence-corrected chi connectivity index (χ2v) is 7.43. The van der Waals surface area contributed by atoms with Gasteiger partial charge in [0.05, 0.1) is 0 Å². The molecule has 0 atom stereocenters. The fraction of sp³-hybridized carbons (Fsp3) is 0.667. The van der Waals surface area contributed by atoms with Gasteiger partial charge in [-0.1, -0.05) is 44.5 Å². The van der Waals surface area contributed by atoms with Gasteiger partial charge in [0.1, 0.15) is 0 Å². The molecule has 1 aliphatic carbocycles. The summed E-state index contributed by atoms with van der Waals surface area (Å²) < 4.78 is 0. The molecule has 0 bridgehead atoms. The standard InChI is InChI=1S/C18H28ClN/c1-14(2)12-20-13-18(10-8-15(3)9-11-18)16-4-6-17(19)7-5-16/h4-7,14-15,20H,8-13H2,1-3H3. The minimum absolute atomic E-state index is 0.311. The summed E-state index contributed by atoms with van der Waals surface area (Å²) in [5, 5.41) is 4.53. The van der Waals surface area contributed by atoms with E-state index in [9.17, 15) is 0 Å². The molecule has 0 amide bonds. The molecule has 0 aliphatic heterocycles. The molecule has 20 heavy (non-hydrogen) atoms. The number of rotatable bonds is 5. The van der Waals surface area contributed by atoms with Gasteiger partial charge in [0.2, 0.25) is 0 Å². The van der Waals surface area contributed by atoms with Gasteiger partial charge in [-0.05, 0) is 61.8 Å². The first-order valence-electron chi connectivity index (χ1n) is 7.98. The van der Waals surface area contributed by atoms with Crippen molar-refractivity contribution in [1.29, 1.82) is 0 Å². The van der Waals surface area contributed by atoms with E-state index in [1.807, 2.05) is 12.1 Å². The SMILES string of the molecule is CC(C)CNCC1(c2ccc(Cl)cc2)CCC(C)CC1. The third kappa shape index (κ3) is 3.99. The van der Waals surface area contributed by atoms with Gasteiger partial charge in [0.15, 0.2) is 0 Å². The average Bonchev–Trinajstić information content (AvgIpc) is 2.42. The van der Waals surface area contributed by atoms with Crippen LogP contribution in [0.2, 0.25) is 5.02 Å². The van der Waals surface area contributed by atoms with Crippen molar-refractivity contribution in [3.63, 3.8) is 0 Å². The third-order valence-corrected chi connectivity index (χ3v) is 4.96. The van der Waals surface area contributed by atoms with Crippen LogP contribution in [-0.4, -0.2) is 13.1 Å². The molecule has 1 N–H and O–H groups in total. The summed E-state index contributed by atoms with van der Waals surface area (Å²) in [6, 6.07) is 8.54. The third-order valence-electron chi connectivity index (χ3n) is 4.70. The van der Waals surface area contributed by atoms with Crippen molar-refractivity contribution in [2.75, 3.05) is 13.1 Å². The van der Waals surface area contributed by atoms with Gasteiger partial charge in [-0.15, -0.1) is 0 Å².